The molecular weight excluding hydrogens is 382 g/mol. The number of hydrogen-bond donors (Lipinski definition) is 2. The molecule has 0 aliphatic heterocycles. The van der Waals surface area contributed by atoms with Gasteiger partial charge in [-0.15, -0.1) is 0 Å². The quantitative estimate of drug-likeness (QED) is 0.492. The number of carbonyl (C=O) groups is 2. The van der Waals surface area contributed by atoms with E-state index in [1.165, 1.54) is 25.5 Å². The van der Waals surface area contributed by atoms with Gasteiger partial charge in [-0.05, 0) is 54.8 Å². The van der Waals surface area contributed by atoms with Crippen molar-refractivity contribution in [2.45, 2.75) is 38.1 Å². The molecule has 0 heterocycles. The first-order chi connectivity index (χ1) is 14.7. The maximum atomic E-state index is 12.0. The molecule has 1 aliphatic carbocycles. The molecule has 0 spiro atoms. The largest absolute Gasteiger partial charge is 0.484 e. The summed E-state index contributed by atoms with van der Waals surface area (Å²) < 4.78 is 10.9. The number of hydrogen-bond acceptors (Lipinski definition) is 5. The zero-order chi connectivity index (χ0) is 21.0. The number of ether oxygens (including phenoxy) is 2. The fourth-order valence-corrected chi connectivity index (χ4v) is 3.19. The summed E-state index contributed by atoms with van der Waals surface area (Å²) in [5.41, 5.74) is 3.21. The molecule has 3 rings (SSSR count). The minimum Gasteiger partial charge on any atom is -0.484 e. The van der Waals surface area contributed by atoms with E-state index in [0.717, 1.165) is 18.4 Å². The molecule has 1 aliphatic rings. The Morgan fingerprint density at radius 1 is 0.867 bits per heavy atom. The summed E-state index contributed by atoms with van der Waals surface area (Å²) in [6, 6.07) is 16.5. The maximum absolute atomic E-state index is 12.0. The van der Waals surface area contributed by atoms with Crippen molar-refractivity contribution in [1.82, 2.24) is 10.7 Å². The molecule has 2 amide bonds. The molecule has 158 valence electrons. The monoisotopic (exact) mass is 409 g/mol. The Bertz CT molecular complexity index is 831. The van der Waals surface area contributed by atoms with Crippen molar-refractivity contribution in [3.8, 4) is 11.5 Å². The molecule has 7 heteroatoms. The van der Waals surface area contributed by atoms with E-state index < -0.39 is 0 Å². The minimum absolute atomic E-state index is 0.00140. The third kappa shape index (κ3) is 7.58. The van der Waals surface area contributed by atoms with Crippen LogP contribution in [-0.4, -0.2) is 37.3 Å². The first kappa shape index (κ1) is 21.4. The Morgan fingerprint density at radius 3 is 2.20 bits per heavy atom. The molecular formula is C23H27N3O4. The van der Waals surface area contributed by atoms with Crippen molar-refractivity contribution in [3.63, 3.8) is 0 Å². The van der Waals surface area contributed by atoms with Crippen LogP contribution >= 0.6 is 0 Å². The molecule has 1 fully saturated rings. The maximum Gasteiger partial charge on any atom is 0.277 e. The van der Waals surface area contributed by atoms with E-state index in [2.05, 4.69) is 15.8 Å². The van der Waals surface area contributed by atoms with Gasteiger partial charge in [0, 0.05) is 6.04 Å². The molecule has 0 unspecified atom stereocenters. The molecule has 2 aromatic carbocycles. The van der Waals surface area contributed by atoms with Crippen LogP contribution in [0.25, 0.3) is 0 Å². The lowest BCUT2D eigenvalue weighted by atomic mass is 9.95. The van der Waals surface area contributed by atoms with Crippen LogP contribution in [0, 0.1) is 0 Å². The van der Waals surface area contributed by atoms with E-state index in [1.54, 1.807) is 36.4 Å². The summed E-state index contributed by atoms with van der Waals surface area (Å²) in [7, 11) is 0. The Kier molecular flexibility index (Phi) is 8.26. The zero-order valence-electron chi connectivity index (χ0n) is 16.9. The van der Waals surface area contributed by atoms with Gasteiger partial charge in [0.1, 0.15) is 11.5 Å². The minimum atomic E-state index is -0.348. The second kappa shape index (κ2) is 11.6. The van der Waals surface area contributed by atoms with Gasteiger partial charge in [-0.25, -0.2) is 5.43 Å². The van der Waals surface area contributed by atoms with Gasteiger partial charge in [0.05, 0.1) is 6.21 Å². The van der Waals surface area contributed by atoms with Crippen LogP contribution in [0.15, 0.2) is 59.7 Å². The lowest BCUT2D eigenvalue weighted by molar-refractivity contribution is -0.124. The zero-order valence-corrected chi connectivity index (χ0v) is 16.9. The number of benzene rings is 2. The Labute approximate surface area is 176 Å². The Balaban J connectivity index is 1.35. The SMILES string of the molecule is O=C(COc1ccccc1)N/N=C/c1ccc(OCC(=O)NC2CCCCC2)cc1. The van der Waals surface area contributed by atoms with Gasteiger partial charge in [0.2, 0.25) is 0 Å². The molecule has 0 bridgehead atoms. The average Bonchev–Trinajstić information content (AvgIpc) is 2.78. The van der Waals surface area contributed by atoms with Gasteiger partial charge in [-0.3, -0.25) is 9.59 Å². The standard InChI is InChI=1S/C23H27N3O4/c27-22(25-19-7-3-1-4-8-19)16-29-21-13-11-18(12-14-21)15-24-26-23(28)17-30-20-9-5-2-6-10-20/h2,5-6,9-15,19H,1,3-4,7-8,16-17H2,(H,25,27)(H,26,28)/b24-15+. The molecule has 2 N–H and O–H groups in total. The lowest BCUT2D eigenvalue weighted by Crippen LogP contribution is -2.38. The van der Waals surface area contributed by atoms with Gasteiger partial charge < -0.3 is 14.8 Å². The summed E-state index contributed by atoms with van der Waals surface area (Å²) in [6.07, 6.45) is 7.23. The summed E-state index contributed by atoms with van der Waals surface area (Å²) in [5.74, 6) is 0.790. The third-order valence-electron chi connectivity index (χ3n) is 4.74. The van der Waals surface area contributed by atoms with Crippen molar-refractivity contribution < 1.29 is 19.1 Å². The fraction of sp³-hybridized carbons (Fsp3) is 0.348. The highest BCUT2D eigenvalue weighted by atomic mass is 16.5. The number of hydrazone groups is 1. The number of nitrogens with zero attached hydrogens (tertiary/aromatic N) is 1. The van der Waals surface area contributed by atoms with E-state index in [9.17, 15) is 9.59 Å². The molecule has 7 nitrogen and oxygen atoms in total. The third-order valence-corrected chi connectivity index (χ3v) is 4.74. The first-order valence-corrected chi connectivity index (χ1v) is 10.2. The van der Waals surface area contributed by atoms with Gasteiger partial charge in [0.25, 0.3) is 11.8 Å². The summed E-state index contributed by atoms with van der Waals surface area (Å²) in [5, 5.41) is 6.94. The topological polar surface area (TPSA) is 89.0 Å². The van der Waals surface area contributed by atoms with E-state index >= 15 is 0 Å². The van der Waals surface area contributed by atoms with E-state index in [0.29, 0.717) is 11.5 Å². The second-order valence-corrected chi connectivity index (χ2v) is 7.16. The normalized spacial score (nSPS) is 14.3. The predicted molar refractivity (Wildman–Crippen MR) is 115 cm³/mol. The van der Waals surface area contributed by atoms with E-state index in [-0.39, 0.29) is 31.1 Å². The summed E-state index contributed by atoms with van der Waals surface area (Å²) >= 11 is 0. The van der Waals surface area contributed by atoms with Crippen LogP contribution in [0.5, 0.6) is 11.5 Å². The first-order valence-electron chi connectivity index (χ1n) is 10.2. The van der Waals surface area contributed by atoms with Crippen LogP contribution in [-0.2, 0) is 9.59 Å². The van der Waals surface area contributed by atoms with Crippen LogP contribution in [0.2, 0.25) is 0 Å². The molecule has 0 aromatic heterocycles. The number of amides is 2. The summed E-state index contributed by atoms with van der Waals surface area (Å²) in [6.45, 7) is -0.113. The van der Waals surface area contributed by atoms with Crippen LogP contribution in [0.1, 0.15) is 37.7 Å². The molecule has 30 heavy (non-hydrogen) atoms. The smallest absolute Gasteiger partial charge is 0.277 e. The molecule has 0 radical (unpaired) electrons. The average molecular weight is 409 g/mol. The Hall–Kier alpha value is -3.35. The van der Waals surface area contributed by atoms with Gasteiger partial charge in [0.15, 0.2) is 13.2 Å². The molecule has 2 aromatic rings. The number of nitrogens with one attached hydrogen (secondary N) is 2. The van der Waals surface area contributed by atoms with Gasteiger partial charge >= 0.3 is 0 Å². The van der Waals surface area contributed by atoms with Crippen LogP contribution in [0.4, 0.5) is 0 Å². The number of rotatable bonds is 9. The van der Waals surface area contributed by atoms with Crippen LogP contribution < -0.4 is 20.2 Å². The van der Waals surface area contributed by atoms with Gasteiger partial charge in [-0.2, -0.15) is 5.10 Å². The molecule has 1 saturated carbocycles. The fourth-order valence-electron chi connectivity index (χ4n) is 3.19. The highest BCUT2D eigenvalue weighted by Gasteiger charge is 2.15. The number of para-hydroxylation sites is 1. The lowest BCUT2D eigenvalue weighted by Gasteiger charge is -2.22. The van der Waals surface area contributed by atoms with Crippen molar-refractivity contribution in [1.29, 1.82) is 0 Å². The van der Waals surface area contributed by atoms with Crippen molar-refractivity contribution in [2.75, 3.05) is 13.2 Å². The molecule has 0 atom stereocenters. The van der Waals surface area contributed by atoms with Gasteiger partial charge in [-0.1, -0.05) is 37.5 Å². The number of carbonyl (C=O) groups excluding carboxylic acids is 2. The van der Waals surface area contributed by atoms with E-state index in [4.69, 9.17) is 9.47 Å². The highest BCUT2D eigenvalue weighted by molar-refractivity contribution is 5.83. The van der Waals surface area contributed by atoms with Crippen molar-refractivity contribution in [3.05, 3.63) is 60.2 Å². The Morgan fingerprint density at radius 2 is 1.50 bits per heavy atom. The molecule has 0 saturated heterocycles. The van der Waals surface area contributed by atoms with Crippen molar-refractivity contribution in [2.24, 2.45) is 5.10 Å². The highest BCUT2D eigenvalue weighted by Crippen LogP contribution is 2.17. The second-order valence-electron chi connectivity index (χ2n) is 7.16. The predicted octanol–water partition coefficient (Wildman–Crippen LogP) is 3.04. The van der Waals surface area contributed by atoms with Crippen LogP contribution in [0.3, 0.4) is 0 Å². The van der Waals surface area contributed by atoms with E-state index in [1.807, 2.05) is 18.2 Å². The summed E-state index contributed by atoms with van der Waals surface area (Å²) in [4.78, 5) is 23.7. The van der Waals surface area contributed by atoms with Crippen molar-refractivity contribution >= 4 is 18.0 Å².